The highest BCUT2D eigenvalue weighted by Crippen LogP contribution is 2.27. The Labute approximate surface area is 644 Å². The maximum atomic E-state index is 13.6. The van der Waals surface area contributed by atoms with Crippen LogP contribution in [0.4, 0.5) is 8.78 Å². The first kappa shape index (κ1) is 85.1. The molecule has 0 aliphatic rings. The molecule has 22 nitrogen and oxygen atoms in total. The van der Waals surface area contributed by atoms with Crippen LogP contribution in [0.2, 0.25) is 15.1 Å². The van der Waals surface area contributed by atoms with E-state index in [0.29, 0.717) is 85.5 Å². The normalized spacial score (nSPS) is 10.8. The molecule has 0 aromatic carbocycles. The van der Waals surface area contributed by atoms with Crippen molar-refractivity contribution >= 4 is 50.7 Å². The van der Waals surface area contributed by atoms with E-state index in [9.17, 15) is 8.78 Å². The van der Waals surface area contributed by atoms with E-state index in [0.717, 1.165) is 43.7 Å². The fourth-order valence-corrected chi connectivity index (χ4v) is 10.4. The van der Waals surface area contributed by atoms with Gasteiger partial charge in [-0.1, -0.05) is 146 Å². The van der Waals surface area contributed by atoms with Crippen LogP contribution in [0.5, 0.6) is 0 Å². The largest absolute Gasteiger partial charge is 0.262 e. The fourth-order valence-electron chi connectivity index (χ4n) is 9.05. The second-order valence-electron chi connectivity index (χ2n) is 26.5. The van der Waals surface area contributed by atoms with Gasteiger partial charge in [0.2, 0.25) is 5.82 Å². The molecule has 0 unspecified atom stereocenters. The Morgan fingerprint density at radius 2 is 0.708 bits per heavy atom. The van der Waals surface area contributed by atoms with Crippen molar-refractivity contribution in [1.82, 2.24) is 109 Å². The maximum Gasteiger partial charge on any atom is 0.210 e. The third-order valence-corrected chi connectivity index (χ3v) is 17.0. The molecule has 0 aliphatic carbocycles. The van der Waals surface area contributed by atoms with Crippen LogP contribution >= 0.6 is 50.7 Å². The lowest BCUT2D eigenvalue weighted by Gasteiger charge is -2.08. The molecule has 13 rings (SSSR count). The van der Waals surface area contributed by atoms with E-state index in [4.69, 9.17) is 34.8 Å². The second-order valence-corrected chi connectivity index (χ2v) is 28.6. The maximum absolute atomic E-state index is 13.6. The molecule has 13 heterocycles. The zero-order chi connectivity index (χ0) is 77.6. The number of nitrogens with zero attached hydrogens (tertiary/aromatic N) is 22. The molecule has 0 amide bonds. The van der Waals surface area contributed by atoms with Crippen LogP contribution in [-0.4, -0.2) is 109 Å². The molecule has 0 atom stereocenters. The van der Waals surface area contributed by atoms with Crippen molar-refractivity contribution in [3.63, 3.8) is 0 Å². The molecule has 0 N–H and O–H groups in total. The summed E-state index contributed by atoms with van der Waals surface area (Å²) in [6, 6.07) is 23.2. The predicted molar refractivity (Wildman–Crippen MR) is 420 cm³/mol. The minimum atomic E-state index is -0.472. The van der Waals surface area contributed by atoms with Gasteiger partial charge in [-0.25, -0.2) is 48.0 Å². The Kier molecular flexibility index (Phi) is 34.5. The van der Waals surface area contributed by atoms with E-state index in [1.807, 2.05) is 101 Å². The van der Waals surface area contributed by atoms with Crippen molar-refractivity contribution in [2.75, 3.05) is 0 Å². The van der Waals surface area contributed by atoms with Gasteiger partial charge in [0, 0.05) is 73.4 Å². The Balaban J connectivity index is 0.000000191. The molecule has 13 aromatic heterocycles. The van der Waals surface area contributed by atoms with Crippen LogP contribution in [0.15, 0.2) is 189 Å². The molecule has 106 heavy (non-hydrogen) atoms. The minimum absolute atomic E-state index is 0.129. The quantitative estimate of drug-likeness (QED) is 0.0982. The Hall–Kier alpha value is -9.82. The van der Waals surface area contributed by atoms with Gasteiger partial charge in [0.05, 0.1) is 62.4 Å². The highest BCUT2D eigenvalue weighted by molar-refractivity contribution is 9.10. The first-order chi connectivity index (χ1) is 50.5. The third-order valence-electron chi connectivity index (χ3n) is 15.5. The number of hydrogen-bond donors (Lipinski definition) is 0. The van der Waals surface area contributed by atoms with Crippen LogP contribution in [0.3, 0.4) is 0 Å². The smallest absolute Gasteiger partial charge is 0.210 e. The summed E-state index contributed by atoms with van der Waals surface area (Å²) in [4.78, 5) is 41.2. The summed E-state index contributed by atoms with van der Waals surface area (Å²) in [7, 11) is 0. The number of halogens is 6. The first-order valence-corrected chi connectivity index (χ1v) is 36.6. The molecular formula is C78H94BrCl3F2N22. The molecule has 558 valence electrons. The summed E-state index contributed by atoms with van der Waals surface area (Å²) in [6.07, 6.45) is 30.3. The van der Waals surface area contributed by atoms with Crippen molar-refractivity contribution in [3.8, 4) is 29.1 Å². The summed E-state index contributed by atoms with van der Waals surface area (Å²) >= 11 is 21.8. The Bertz CT molecular complexity index is 4110. The van der Waals surface area contributed by atoms with Gasteiger partial charge in [-0.2, -0.15) is 40.8 Å². The standard InChI is InChI=1S/C11H12ClN3.C10H11BrN4.2C10H11ClN4.C10H11FN4.C9H12FN.2C9H13N/c1-8(2)9-6-10(12)11(13-7-9)15-5-3-4-14-15;1-7(2)8-5-9(11)10(12-6-8)15-13-3-4-14-15;1-7(2)8-3-9(11)10(13-4-8)15-6-12-5-14-15;2*1-7(2)8-5-9(11)10(12-6-8)15-13-3-4-14-15;1-7(2)8-3-4-11-9(5-8)6-10;2*1-7(2)9-4-5-10-8(3)6-9/h3-8H,1-2H3;4*3-7H,1-2H3;3-5,7H,6H2,1-2H3;2*4-7H,1-3H3. The Morgan fingerprint density at radius 3 is 1.05 bits per heavy atom. The molecule has 0 fully saturated rings. The lowest BCUT2D eigenvalue weighted by molar-refractivity contribution is 0.475. The second kappa shape index (κ2) is 43.0. The number of pyridine rings is 8. The molecule has 0 bridgehead atoms. The van der Waals surface area contributed by atoms with Crippen molar-refractivity contribution in [2.45, 2.75) is 179 Å². The zero-order valence-corrected chi connectivity index (χ0v) is 67.1. The number of aryl methyl sites for hydroxylation is 2. The van der Waals surface area contributed by atoms with Gasteiger partial charge in [-0.15, -0.1) is 14.4 Å². The van der Waals surface area contributed by atoms with Crippen LogP contribution in [0.25, 0.3) is 29.1 Å². The van der Waals surface area contributed by atoms with Gasteiger partial charge in [-0.3, -0.25) is 15.0 Å². The minimum Gasteiger partial charge on any atom is -0.262 e. The molecule has 13 aromatic rings. The van der Waals surface area contributed by atoms with E-state index < -0.39 is 12.5 Å². The van der Waals surface area contributed by atoms with Crippen molar-refractivity contribution in [3.05, 3.63) is 272 Å². The number of rotatable bonds is 14. The average Bonchev–Trinajstić information content (AvgIpc) is 1.47. The lowest BCUT2D eigenvalue weighted by atomic mass is 10.0. The predicted octanol–water partition coefficient (Wildman–Crippen LogP) is 20.1. The fraction of sp³-hybridized carbons (Fsp3) is 0.346. The van der Waals surface area contributed by atoms with Gasteiger partial charge in [0.15, 0.2) is 29.1 Å². The first-order valence-electron chi connectivity index (χ1n) is 34.6. The SMILES string of the molecule is CC(C)c1ccnc(CF)c1.CC(C)c1cnc(-n2cccn2)c(Cl)c1.CC(C)c1cnc(-n2cncn2)c(Cl)c1.CC(C)c1cnc(-n2nccn2)c(Br)c1.CC(C)c1cnc(-n2nccn2)c(Cl)c1.CC(C)c1cnc(-n2nccn2)c(F)c1.Cc1cc(C(C)C)ccn1.Cc1cc(C(C)C)ccn1. The van der Waals surface area contributed by atoms with Crippen LogP contribution < -0.4 is 0 Å². The average molecular weight is 1560 g/mol. The number of aromatic nitrogens is 22. The Morgan fingerprint density at radius 1 is 0.358 bits per heavy atom. The topological polar surface area (TPSA) is 244 Å². The van der Waals surface area contributed by atoms with Gasteiger partial charge < -0.3 is 0 Å². The molecule has 0 saturated carbocycles. The number of hydrogen-bond acceptors (Lipinski definition) is 17. The summed E-state index contributed by atoms with van der Waals surface area (Å²) in [6.45, 7) is 37.3. The monoisotopic (exact) mass is 1560 g/mol. The summed E-state index contributed by atoms with van der Waals surface area (Å²) in [5, 5.41) is 33.5. The molecule has 0 aliphatic heterocycles. The van der Waals surface area contributed by atoms with Crippen molar-refractivity contribution < 1.29 is 8.78 Å². The molecule has 0 radical (unpaired) electrons. The molecular weight excluding hydrogens is 1470 g/mol. The molecule has 0 saturated heterocycles. The number of alkyl halides is 1. The van der Waals surface area contributed by atoms with Crippen molar-refractivity contribution in [1.29, 1.82) is 0 Å². The lowest BCUT2D eigenvalue weighted by Crippen LogP contribution is -2.05. The molecule has 28 heteroatoms. The van der Waals surface area contributed by atoms with Crippen LogP contribution in [-0.2, 0) is 6.67 Å². The third kappa shape index (κ3) is 27.0. The van der Waals surface area contributed by atoms with Crippen LogP contribution in [0, 0.1) is 19.7 Å². The zero-order valence-electron chi connectivity index (χ0n) is 63.3. The van der Waals surface area contributed by atoms with E-state index in [1.165, 1.54) is 55.9 Å². The summed E-state index contributed by atoms with van der Waals surface area (Å²) in [5.41, 5.74) is 12.0. The van der Waals surface area contributed by atoms with Gasteiger partial charge in [0.1, 0.15) is 19.3 Å². The highest BCUT2D eigenvalue weighted by atomic mass is 79.9. The van der Waals surface area contributed by atoms with Gasteiger partial charge in [-0.05, 0) is 194 Å². The van der Waals surface area contributed by atoms with E-state index >= 15 is 0 Å². The van der Waals surface area contributed by atoms with E-state index in [2.05, 4.69) is 229 Å². The molecule has 0 spiro atoms. The summed E-state index contributed by atoms with van der Waals surface area (Å²) < 4.78 is 29.8. The van der Waals surface area contributed by atoms with Crippen LogP contribution in [0.1, 0.15) is 220 Å². The van der Waals surface area contributed by atoms with Gasteiger partial charge in [0.25, 0.3) is 0 Å². The van der Waals surface area contributed by atoms with Crippen molar-refractivity contribution in [2.24, 2.45) is 0 Å². The van der Waals surface area contributed by atoms with E-state index in [1.54, 1.807) is 65.3 Å². The van der Waals surface area contributed by atoms with Gasteiger partial charge >= 0.3 is 0 Å². The highest BCUT2D eigenvalue weighted by Gasteiger charge is 2.14. The van der Waals surface area contributed by atoms with E-state index in [-0.39, 0.29) is 11.7 Å². The summed E-state index contributed by atoms with van der Waals surface area (Å²) in [5.74, 6) is 5.93.